The zero-order valence-corrected chi connectivity index (χ0v) is 11.9. The van der Waals surface area contributed by atoms with Crippen LogP contribution >= 0.6 is 0 Å². The van der Waals surface area contributed by atoms with Gasteiger partial charge in [-0.05, 0) is 30.2 Å². The van der Waals surface area contributed by atoms with Gasteiger partial charge >= 0.3 is 0 Å². The van der Waals surface area contributed by atoms with Gasteiger partial charge in [0.25, 0.3) is 5.91 Å². The summed E-state index contributed by atoms with van der Waals surface area (Å²) in [7, 11) is 1.65. The summed E-state index contributed by atoms with van der Waals surface area (Å²) in [5.74, 6) is 0.332. The van der Waals surface area contributed by atoms with Crippen LogP contribution in [0.3, 0.4) is 0 Å². The second-order valence-corrected chi connectivity index (χ2v) is 4.62. The van der Waals surface area contributed by atoms with Gasteiger partial charge in [-0.3, -0.25) is 4.79 Å². The van der Waals surface area contributed by atoms with Gasteiger partial charge in [0.1, 0.15) is 5.75 Å². The van der Waals surface area contributed by atoms with E-state index in [2.05, 4.69) is 5.32 Å². The Labute approximate surface area is 123 Å². The van der Waals surface area contributed by atoms with Crippen molar-refractivity contribution in [2.45, 2.75) is 6.42 Å². The first kappa shape index (κ1) is 14.7. The molecule has 0 saturated carbocycles. The Morgan fingerprint density at radius 1 is 1.19 bits per heavy atom. The van der Waals surface area contributed by atoms with Crippen molar-refractivity contribution in [2.75, 3.05) is 24.7 Å². The Morgan fingerprint density at radius 3 is 2.67 bits per heavy atom. The highest BCUT2D eigenvalue weighted by atomic mass is 16.5. The van der Waals surface area contributed by atoms with Crippen LogP contribution in [0, 0.1) is 0 Å². The predicted molar refractivity (Wildman–Crippen MR) is 84.6 cm³/mol. The van der Waals surface area contributed by atoms with Crippen molar-refractivity contribution in [1.82, 2.24) is 0 Å². The number of methoxy groups -OCH3 is 1. The van der Waals surface area contributed by atoms with Crippen molar-refractivity contribution in [1.29, 1.82) is 0 Å². The van der Waals surface area contributed by atoms with E-state index in [0.29, 0.717) is 23.5 Å². The summed E-state index contributed by atoms with van der Waals surface area (Å²) >= 11 is 0. The van der Waals surface area contributed by atoms with Gasteiger partial charge in [-0.25, -0.2) is 0 Å². The first-order valence-corrected chi connectivity index (χ1v) is 6.67. The van der Waals surface area contributed by atoms with Crippen LogP contribution in [0.5, 0.6) is 5.75 Å². The van der Waals surface area contributed by atoms with E-state index in [1.807, 2.05) is 30.3 Å². The number of nitrogens with one attached hydrogen (secondary N) is 1. The number of carbonyl (C=O) groups excluding carboxylic acids is 1. The molecule has 0 unspecified atom stereocenters. The number of anilines is 2. The molecule has 5 nitrogen and oxygen atoms in total. The quantitative estimate of drug-likeness (QED) is 0.708. The first-order chi connectivity index (χ1) is 10.1. The lowest BCUT2D eigenvalue weighted by Crippen LogP contribution is -2.15. The number of para-hydroxylation sites is 2. The zero-order valence-electron chi connectivity index (χ0n) is 11.9. The van der Waals surface area contributed by atoms with Gasteiger partial charge in [-0.15, -0.1) is 0 Å². The molecule has 0 radical (unpaired) electrons. The van der Waals surface area contributed by atoms with Gasteiger partial charge < -0.3 is 21.5 Å². The Kier molecular flexibility index (Phi) is 4.66. The molecule has 0 fully saturated rings. The highest BCUT2D eigenvalue weighted by Crippen LogP contribution is 2.23. The Balaban J connectivity index is 2.04. The summed E-state index contributed by atoms with van der Waals surface area (Å²) in [6, 6.07) is 13.0. The van der Waals surface area contributed by atoms with Crippen molar-refractivity contribution < 1.29 is 9.53 Å². The van der Waals surface area contributed by atoms with Gasteiger partial charge in [0.05, 0.1) is 24.0 Å². The van der Waals surface area contributed by atoms with Crippen LogP contribution in [0.4, 0.5) is 11.4 Å². The number of rotatable bonds is 6. The summed E-state index contributed by atoms with van der Waals surface area (Å²) in [4.78, 5) is 11.3. The monoisotopic (exact) mass is 285 g/mol. The van der Waals surface area contributed by atoms with Crippen LogP contribution < -0.4 is 21.5 Å². The molecule has 0 aliphatic rings. The summed E-state index contributed by atoms with van der Waals surface area (Å²) < 4.78 is 5.31. The Morgan fingerprint density at radius 2 is 1.95 bits per heavy atom. The van der Waals surface area contributed by atoms with Crippen molar-refractivity contribution in [3.05, 3.63) is 53.6 Å². The third-order valence-corrected chi connectivity index (χ3v) is 3.27. The number of benzene rings is 2. The molecule has 0 spiro atoms. The molecule has 21 heavy (non-hydrogen) atoms. The minimum absolute atomic E-state index is 0.331. The van der Waals surface area contributed by atoms with Gasteiger partial charge in [-0.2, -0.15) is 0 Å². The standard InChI is InChI=1S/C16H19N3O2/c1-21-14-8-3-2-5-11(14)9-10-19-13-7-4-6-12(15(13)17)16(18)20/h2-8,19H,9-10,17H2,1H3,(H2,18,20). The van der Waals surface area contributed by atoms with Gasteiger partial charge in [0.2, 0.25) is 0 Å². The molecule has 0 aliphatic carbocycles. The van der Waals surface area contributed by atoms with E-state index in [1.165, 1.54) is 0 Å². The lowest BCUT2D eigenvalue weighted by atomic mass is 10.1. The number of primary amides is 1. The van der Waals surface area contributed by atoms with Crippen LogP contribution in [0.2, 0.25) is 0 Å². The van der Waals surface area contributed by atoms with Crippen molar-refractivity contribution in [3.63, 3.8) is 0 Å². The Hall–Kier alpha value is -2.69. The smallest absolute Gasteiger partial charge is 0.250 e. The molecule has 0 atom stereocenters. The van der Waals surface area contributed by atoms with E-state index < -0.39 is 5.91 Å². The molecule has 2 aromatic rings. The van der Waals surface area contributed by atoms with E-state index in [0.717, 1.165) is 17.7 Å². The van der Waals surface area contributed by atoms with Gasteiger partial charge in [0, 0.05) is 6.54 Å². The van der Waals surface area contributed by atoms with Crippen molar-refractivity contribution in [3.8, 4) is 5.75 Å². The summed E-state index contributed by atoms with van der Waals surface area (Å²) in [6.07, 6.45) is 0.782. The second-order valence-electron chi connectivity index (χ2n) is 4.62. The molecule has 2 aromatic carbocycles. The number of hydrogen-bond acceptors (Lipinski definition) is 4. The molecule has 5 heteroatoms. The SMILES string of the molecule is COc1ccccc1CCNc1cccc(C(N)=O)c1N. The summed E-state index contributed by atoms with van der Waals surface area (Å²) in [5, 5.41) is 3.22. The van der Waals surface area contributed by atoms with Crippen LogP contribution in [0.25, 0.3) is 0 Å². The van der Waals surface area contributed by atoms with E-state index in [-0.39, 0.29) is 0 Å². The fourth-order valence-electron chi connectivity index (χ4n) is 2.18. The number of nitrogens with two attached hydrogens (primary N) is 2. The van der Waals surface area contributed by atoms with Crippen LogP contribution in [0.15, 0.2) is 42.5 Å². The normalized spacial score (nSPS) is 10.1. The highest BCUT2D eigenvalue weighted by Gasteiger charge is 2.09. The number of ether oxygens (including phenoxy) is 1. The number of carbonyl (C=O) groups is 1. The topological polar surface area (TPSA) is 90.4 Å². The lowest BCUT2D eigenvalue weighted by Gasteiger charge is -2.12. The average Bonchev–Trinajstić information content (AvgIpc) is 2.49. The first-order valence-electron chi connectivity index (χ1n) is 6.67. The van der Waals surface area contributed by atoms with Crippen molar-refractivity contribution in [2.24, 2.45) is 5.73 Å². The largest absolute Gasteiger partial charge is 0.496 e. The average molecular weight is 285 g/mol. The van der Waals surface area contributed by atoms with E-state index >= 15 is 0 Å². The molecule has 0 aromatic heterocycles. The Bertz CT molecular complexity index is 641. The molecule has 0 aliphatic heterocycles. The minimum atomic E-state index is -0.527. The van der Waals surface area contributed by atoms with Crippen LogP contribution in [-0.4, -0.2) is 19.6 Å². The van der Waals surface area contributed by atoms with E-state index in [4.69, 9.17) is 16.2 Å². The molecular weight excluding hydrogens is 266 g/mol. The lowest BCUT2D eigenvalue weighted by molar-refractivity contribution is 0.100. The molecule has 0 saturated heterocycles. The summed E-state index contributed by atoms with van der Waals surface area (Å²) in [5.41, 5.74) is 13.7. The summed E-state index contributed by atoms with van der Waals surface area (Å²) in [6.45, 7) is 0.673. The molecule has 1 amide bonds. The van der Waals surface area contributed by atoms with E-state index in [1.54, 1.807) is 19.2 Å². The third-order valence-electron chi connectivity index (χ3n) is 3.27. The van der Waals surface area contributed by atoms with Crippen LogP contribution in [-0.2, 0) is 6.42 Å². The maximum Gasteiger partial charge on any atom is 0.250 e. The highest BCUT2D eigenvalue weighted by molar-refractivity contribution is 6.00. The maximum atomic E-state index is 11.3. The number of amides is 1. The molecule has 0 heterocycles. The van der Waals surface area contributed by atoms with Gasteiger partial charge in [-0.1, -0.05) is 24.3 Å². The number of hydrogen-bond donors (Lipinski definition) is 3. The molecule has 110 valence electrons. The van der Waals surface area contributed by atoms with Crippen molar-refractivity contribution >= 4 is 17.3 Å². The second kappa shape index (κ2) is 6.65. The maximum absolute atomic E-state index is 11.3. The zero-order chi connectivity index (χ0) is 15.2. The molecule has 2 rings (SSSR count). The fourth-order valence-corrected chi connectivity index (χ4v) is 2.18. The van der Waals surface area contributed by atoms with Gasteiger partial charge in [0.15, 0.2) is 0 Å². The fraction of sp³-hybridized carbons (Fsp3) is 0.188. The molecule has 0 bridgehead atoms. The predicted octanol–water partition coefficient (Wildman–Crippen LogP) is 2.03. The third kappa shape index (κ3) is 3.45. The molecular formula is C16H19N3O2. The van der Waals surface area contributed by atoms with Crippen LogP contribution in [0.1, 0.15) is 15.9 Å². The molecule has 5 N–H and O–H groups in total. The number of nitrogen functional groups attached to an aromatic ring is 1. The minimum Gasteiger partial charge on any atom is -0.496 e. The van der Waals surface area contributed by atoms with E-state index in [9.17, 15) is 4.79 Å².